The zero-order valence-electron chi connectivity index (χ0n) is 84.6. The van der Waals surface area contributed by atoms with E-state index in [1.807, 2.05) is 76.5 Å². The Morgan fingerprint density at radius 2 is 0.581 bits per heavy atom. The number of esters is 3. The normalized spacial score (nSPS) is 10.5. The number of hydroxylamine groups is 2. The van der Waals surface area contributed by atoms with Gasteiger partial charge in [-0.3, -0.25) is 24.0 Å². The summed E-state index contributed by atoms with van der Waals surface area (Å²) in [5.74, 6) is 11.4. The van der Waals surface area contributed by atoms with Crippen LogP contribution >= 0.6 is 24.4 Å². The molecule has 0 bridgehead atoms. The van der Waals surface area contributed by atoms with Gasteiger partial charge in [-0.15, -0.1) is 51.7 Å². The lowest BCUT2D eigenvalue weighted by Crippen LogP contribution is -2.27. The molecule has 12 rings (SSSR count). The van der Waals surface area contributed by atoms with E-state index in [0.717, 1.165) is 85.9 Å². The van der Waals surface area contributed by atoms with Crippen molar-refractivity contribution >= 4 is 92.5 Å². The van der Waals surface area contributed by atoms with E-state index in [2.05, 4.69) is 54.6 Å². The van der Waals surface area contributed by atoms with Crippen molar-refractivity contribution in [2.24, 2.45) is 0 Å². The van der Waals surface area contributed by atoms with Crippen LogP contribution in [0.1, 0.15) is 69.5 Å². The SMILES string of the molecule is C#CCN(Cc1ccc(F)cc1)c1ccc(CC(=O)N(C)OC)cc1.C#CCN(Cc1ccc(F)cc1)c1ccc(CC(=O)OC)c(OC(F)(F)F)c1.C#CCN(Cc1ccc(F)cc1)c1ccc(CC(=O)OC)c(OC)c1.C#CCN(Cc1ccc(F)cc1)c1ccc(CC(=S)OC)cc1.C#CCN(Cc1ccc(F)cc1)c1ccc(CC(=S)OC)cc1F.[2H]C([2H])(C#C)N(Cc1ccc(F)cc1)c1ccc(CC(=O)OC)cc1. The maximum absolute atomic E-state index is 14.5. The summed E-state index contributed by atoms with van der Waals surface area (Å²) in [4.78, 5) is 61.8. The van der Waals surface area contributed by atoms with Gasteiger partial charge in [-0.2, -0.15) is 0 Å². The van der Waals surface area contributed by atoms with Crippen LogP contribution in [0.2, 0.25) is 0 Å². The number of halogens is 10. The number of thiocarbonyl (C=S) groups is 2. The number of carbonyl (C=O) groups excluding carboxylic acids is 4. The van der Waals surface area contributed by atoms with Gasteiger partial charge in [0.15, 0.2) is 10.1 Å². The van der Waals surface area contributed by atoms with Crippen molar-refractivity contribution in [2.75, 3.05) is 125 Å². The summed E-state index contributed by atoms with van der Waals surface area (Å²) >= 11 is 10.1. The summed E-state index contributed by atoms with van der Waals surface area (Å²) in [5.41, 5.74) is 13.5. The highest BCUT2D eigenvalue weighted by Crippen LogP contribution is 2.34. The molecule has 0 aromatic heterocycles. The number of nitrogens with zero attached hydrogens (tertiary/aromatic N) is 7. The molecule has 0 aliphatic heterocycles. The van der Waals surface area contributed by atoms with Crippen LogP contribution < -0.4 is 38.9 Å². The largest absolute Gasteiger partial charge is 0.573 e. The maximum atomic E-state index is 14.5. The summed E-state index contributed by atoms with van der Waals surface area (Å²) in [6.45, 7) is 2.14. The number of carbonyl (C=O) groups is 4. The van der Waals surface area contributed by atoms with Crippen molar-refractivity contribution < 1.29 is 104 Å². The van der Waals surface area contributed by atoms with Crippen LogP contribution in [0.4, 0.5) is 78.0 Å². The molecule has 0 saturated heterocycles. The Balaban J connectivity index is 0.000000244. The molecule has 0 spiro atoms. The molecule has 0 fully saturated rings. The fraction of sp³-hybridized carbons (Fsp3) is 0.231. The summed E-state index contributed by atoms with van der Waals surface area (Å²) in [7, 11) is 11.5. The third kappa shape index (κ3) is 41.9. The zero-order valence-corrected chi connectivity index (χ0v) is 84.2. The Hall–Kier alpha value is -16.7. The highest BCUT2D eigenvalue weighted by molar-refractivity contribution is 7.80. The number of methoxy groups -OCH3 is 6. The molecule has 12 aromatic rings. The maximum Gasteiger partial charge on any atom is 0.573 e. The van der Waals surface area contributed by atoms with Crippen molar-refractivity contribution in [1.29, 1.82) is 0 Å². The summed E-state index contributed by atoms with van der Waals surface area (Å²) in [6.07, 6.45) is 28.8. The van der Waals surface area contributed by atoms with E-state index in [1.165, 1.54) is 129 Å². The minimum atomic E-state index is -4.93. The highest BCUT2D eigenvalue weighted by Gasteiger charge is 2.33. The van der Waals surface area contributed by atoms with Crippen molar-refractivity contribution in [3.8, 4) is 85.6 Å². The average Bonchev–Trinajstić information content (AvgIpc) is 0.816. The van der Waals surface area contributed by atoms with Crippen LogP contribution in [0, 0.1) is 115 Å². The van der Waals surface area contributed by atoms with Crippen LogP contribution in [0.15, 0.2) is 273 Å². The van der Waals surface area contributed by atoms with Crippen molar-refractivity contribution in [1.82, 2.24) is 5.06 Å². The van der Waals surface area contributed by atoms with E-state index in [0.29, 0.717) is 97.1 Å². The van der Waals surface area contributed by atoms with Gasteiger partial charge in [0.2, 0.25) is 5.91 Å². The lowest BCUT2D eigenvalue weighted by Gasteiger charge is -2.24. The summed E-state index contributed by atoms with van der Waals surface area (Å²) in [5, 5.41) is 2.16. The predicted octanol–water partition coefficient (Wildman–Crippen LogP) is 21.6. The number of hydrogen-bond donors (Lipinski definition) is 0. The number of terminal acetylenes is 6. The second-order valence-corrected chi connectivity index (χ2v) is 32.9. The summed E-state index contributed by atoms with van der Waals surface area (Å²) in [6, 6.07) is 73.6. The van der Waals surface area contributed by atoms with E-state index in [4.69, 9.17) is 89.5 Å². The average molecular weight is 2060 g/mol. The Morgan fingerprint density at radius 3 is 0.892 bits per heavy atom. The summed E-state index contributed by atoms with van der Waals surface area (Å²) < 4.78 is 181. The smallest absolute Gasteiger partial charge is 0.496 e. The Morgan fingerprint density at radius 1 is 0.311 bits per heavy atom. The molecule has 12 aromatic carbocycles. The number of likely N-dealkylation sites (N-methyl/N-ethyl adjacent to an activating group) is 1. The lowest BCUT2D eigenvalue weighted by atomic mass is 10.1. The number of benzene rings is 12. The highest BCUT2D eigenvalue weighted by atomic mass is 32.1. The first-order chi connectivity index (χ1) is 71.8. The van der Waals surface area contributed by atoms with Crippen molar-refractivity contribution in [3.63, 3.8) is 0 Å². The molecular formula is C117H111F10N7O12S2. The monoisotopic (exact) mass is 2060 g/mol. The third-order valence-corrected chi connectivity index (χ3v) is 22.2. The van der Waals surface area contributed by atoms with Crippen LogP contribution in [-0.2, 0) is 125 Å². The number of hydrogen-bond acceptors (Lipinski definition) is 20. The number of anilines is 6. The first-order valence-electron chi connectivity index (χ1n) is 46.2. The molecule has 19 nitrogen and oxygen atoms in total. The van der Waals surface area contributed by atoms with Gasteiger partial charge < -0.3 is 62.6 Å². The van der Waals surface area contributed by atoms with E-state index in [1.54, 1.807) is 140 Å². The van der Waals surface area contributed by atoms with Gasteiger partial charge in [-0.05, 0) is 214 Å². The van der Waals surface area contributed by atoms with Crippen LogP contribution in [0.3, 0.4) is 0 Å². The van der Waals surface area contributed by atoms with Gasteiger partial charge in [0.1, 0.15) is 52.2 Å². The zero-order chi connectivity index (χ0) is 110. The molecule has 148 heavy (non-hydrogen) atoms. The fourth-order valence-corrected chi connectivity index (χ4v) is 14.3. The first kappa shape index (κ1) is 115. The molecule has 0 aliphatic rings. The molecule has 0 radical (unpaired) electrons. The number of rotatable bonds is 39. The molecular weight excluding hydrogens is 1950 g/mol. The van der Waals surface area contributed by atoms with E-state index in [-0.39, 0.29) is 110 Å². The third-order valence-electron chi connectivity index (χ3n) is 21.6. The van der Waals surface area contributed by atoms with Crippen LogP contribution in [-0.4, -0.2) is 141 Å². The van der Waals surface area contributed by atoms with Gasteiger partial charge in [-0.1, -0.05) is 163 Å². The van der Waals surface area contributed by atoms with Gasteiger partial charge in [0.05, 0.1) is 123 Å². The second kappa shape index (κ2) is 62.8. The minimum absolute atomic E-state index is 0.0235. The van der Waals surface area contributed by atoms with E-state index in [9.17, 15) is 63.1 Å². The first-order valence-corrected chi connectivity index (χ1v) is 46.0. The standard InChI is InChI=1S/C20H17F4NO3.C20H21FN2O2.C20H20FNO3.C19H17F2NOS.C19H18FNO2.C19H18FNOS/c1-3-10-25(13-14-4-7-16(21)8-5-14)17-9-6-15(11-19(26)27-2)18(12-17)28-20(22,23)24;1-4-13-23(15-17-5-9-18(21)10-6-17)19-11-7-16(8-12-19)14-20(24)22(2)25-3;1-4-11-22(14-15-5-8-17(21)9-6-15)18-10-7-16(12-20(23)25-3)19(13-18)24-2;1-3-10-22(13-14-4-7-16(20)8-5-14)18-9-6-15(11-17(18)21)12-19(24)23-2;1-3-12-21(14-16-4-8-17(20)9-5-16)18-10-6-15(7-11-18)13-19(22)23-2;1-3-12-21(14-16-4-8-17(20)9-5-16)18-10-6-15(7-11-18)13-19(23)22-2/h1,4-9,12H,10-11,13H2,2H3;1,5-12H,13-15H2,2-3H3;1,5-10,13H,11-12,14H2,2-3H3;1,4-9,11H,10,12-13H2,2H3;2*1,4-11H,12-14H2,2H3/i;;;;12D2;. The van der Waals surface area contributed by atoms with Crippen LogP contribution in [0.5, 0.6) is 11.5 Å². The number of ether oxygens (including phenoxy) is 7. The topological polar surface area (TPSA) is 165 Å². The Bertz CT molecular complexity index is 6650. The van der Waals surface area contributed by atoms with E-state index < -0.39 is 30.4 Å². The van der Waals surface area contributed by atoms with Gasteiger partial charge >= 0.3 is 24.3 Å². The molecule has 31 heteroatoms. The second-order valence-electron chi connectivity index (χ2n) is 32.0. The quantitative estimate of drug-likeness (QED) is 0.00891. The predicted molar refractivity (Wildman–Crippen MR) is 567 cm³/mol. The van der Waals surface area contributed by atoms with E-state index >= 15 is 0 Å². The van der Waals surface area contributed by atoms with Gasteiger partial charge in [0.25, 0.3) is 0 Å². The number of amides is 1. The van der Waals surface area contributed by atoms with Crippen molar-refractivity contribution in [3.05, 3.63) is 380 Å². The van der Waals surface area contributed by atoms with Crippen molar-refractivity contribution in [2.45, 2.75) is 84.2 Å². The molecule has 0 unspecified atom stereocenters. The minimum Gasteiger partial charge on any atom is -0.496 e. The fourth-order valence-electron chi connectivity index (χ4n) is 13.9. The molecule has 0 N–H and O–H groups in total. The van der Waals surface area contributed by atoms with Gasteiger partial charge in [-0.25, -0.2) is 35.8 Å². The molecule has 768 valence electrons. The molecule has 0 saturated carbocycles. The Labute approximate surface area is 872 Å². The number of alkyl halides is 3. The molecule has 0 atom stereocenters. The molecule has 1 amide bonds. The van der Waals surface area contributed by atoms with Crippen LogP contribution in [0.25, 0.3) is 0 Å². The molecule has 0 heterocycles. The molecule has 0 aliphatic carbocycles. The van der Waals surface area contributed by atoms with Gasteiger partial charge in [0, 0.05) is 111 Å². The Kier molecular flexibility index (Phi) is 48.7. The lowest BCUT2D eigenvalue weighted by molar-refractivity contribution is -0.275.